The van der Waals surface area contributed by atoms with Crippen LogP contribution in [0.4, 0.5) is 11.5 Å². The molecule has 28 heavy (non-hydrogen) atoms. The summed E-state index contributed by atoms with van der Waals surface area (Å²) in [6.07, 6.45) is 4.43. The summed E-state index contributed by atoms with van der Waals surface area (Å²) in [5.74, 6) is 1.98. The van der Waals surface area contributed by atoms with Gasteiger partial charge in [-0.1, -0.05) is 0 Å². The van der Waals surface area contributed by atoms with Gasteiger partial charge in [0.05, 0.1) is 17.8 Å². The fourth-order valence-corrected chi connectivity index (χ4v) is 4.23. The third kappa shape index (κ3) is 3.73. The standard InChI is InChI=1S/C21H25BrN6/c1-26-6-8-27(9-7-26)21-11-16(15-2-3-15)10-19-12-18(25-28(19)21)14-24-17-4-5-23-20(22)13-17/h4-5,10-13,15H,2-3,6-9,14H2,1H3,(H,23,24). The van der Waals surface area contributed by atoms with E-state index in [0.717, 1.165) is 48.1 Å². The zero-order valence-electron chi connectivity index (χ0n) is 16.1. The smallest absolute Gasteiger partial charge is 0.131 e. The van der Waals surface area contributed by atoms with Gasteiger partial charge < -0.3 is 15.1 Å². The Bertz CT molecular complexity index is 988. The van der Waals surface area contributed by atoms with Gasteiger partial charge in [0.2, 0.25) is 0 Å². The van der Waals surface area contributed by atoms with Crippen molar-refractivity contribution in [1.29, 1.82) is 0 Å². The van der Waals surface area contributed by atoms with Crippen molar-refractivity contribution in [1.82, 2.24) is 19.5 Å². The first kappa shape index (κ1) is 17.9. The lowest BCUT2D eigenvalue weighted by Gasteiger charge is -2.34. The molecule has 0 aromatic carbocycles. The maximum atomic E-state index is 4.94. The highest BCUT2D eigenvalue weighted by molar-refractivity contribution is 9.10. The summed E-state index contributed by atoms with van der Waals surface area (Å²) in [7, 11) is 2.20. The fourth-order valence-electron chi connectivity index (χ4n) is 3.86. The molecule has 6 nitrogen and oxygen atoms in total. The van der Waals surface area contributed by atoms with Crippen LogP contribution in [0.15, 0.2) is 41.1 Å². The van der Waals surface area contributed by atoms with E-state index in [0.29, 0.717) is 6.54 Å². The number of fused-ring (bicyclic) bond motifs is 1. The number of anilines is 2. The molecule has 1 saturated carbocycles. The second kappa shape index (κ2) is 7.37. The third-order valence-electron chi connectivity index (χ3n) is 5.69. The summed E-state index contributed by atoms with van der Waals surface area (Å²) in [4.78, 5) is 9.06. The summed E-state index contributed by atoms with van der Waals surface area (Å²) in [5.41, 5.74) is 4.76. The number of hydrogen-bond acceptors (Lipinski definition) is 5. The highest BCUT2D eigenvalue weighted by Gasteiger charge is 2.26. The number of aromatic nitrogens is 3. The Morgan fingerprint density at radius 1 is 1.11 bits per heavy atom. The summed E-state index contributed by atoms with van der Waals surface area (Å²) < 4.78 is 2.97. The molecule has 2 aliphatic rings. The number of likely N-dealkylation sites (N-methyl/N-ethyl adjacent to an activating group) is 1. The minimum Gasteiger partial charge on any atom is -0.379 e. The fraction of sp³-hybridized carbons (Fsp3) is 0.429. The maximum Gasteiger partial charge on any atom is 0.131 e. The normalized spacial score (nSPS) is 18.0. The number of hydrogen-bond donors (Lipinski definition) is 1. The molecule has 1 aliphatic heterocycles. The Labute approximate surface area is 173 Å². The van der Waals surface area contributed by atoms with E-state index in [9.17, 15) is 0 Å². The first-order chi connectivity index (χ1) is 13.7. The Morgan fingerprint density at radius 3 is 2.68 bits per heavy atom. The van der Waals surface area contributed by atoms with Crippen LogP contribution >= 0.6 is 15.9 Å². The van der Waals surface area contributed by atoms with E-state index in [4.69, 9.17) is 5.10 Å². The van der Waals surface area contributed by atoms with E-state index in [-0.39, 0.29) is 0 Å². The van der Waals surface area contributed by atoms with Crippen LogP contribution in [0.25, 0.3) is 5.52 Å². The number of nitrogens with zero attached hydrogens (tertiary/aromatic N) is 5. The summed E-state index contributed by atoms with van der Waals surface area (Å²) in [6.45, 7) is 5.00. The highest BCUT2D eigenvalue weighted by Crippen LogP contribution is 2.41. The molecule has 0 spiro atoms. The monoisotopic (exact) mass is 440 g/mol. The summed E-state index contributed by atoms with van der Waals surface area (Å²) >= 11 is 3.42. The zero-order valence-corrected chi connectivity index (χ0v) is 17.7. The molecule has 1 aliphatic carbocycles. The topological polar surface area (TPSA) is 48.7 Å². The molecule has 2 fully saturated rings. The molecular weight excluding hydrogens is 416 g/mol. The molecule has 0 amide bonds. The van der Waals surface area contributed by atoms with Crippen LogP contribution in [-0.2, 0) is 6.54 Å². The van der Waals surface area contributed by atoms with E-state index in [2.05, 4.69) is 65.8 Å². The largest absolute Gasteiger partial charge is 0.379 e. The van der Waals surface area contributed by atoms with Crippen molar-refractivity contribution in [2.24, 2.45) is 0 Å². The van der Waals surface area contributed by atoms with Gasteiger partial charge in [-0.15, -0.1) is 0 Å². The minimum absolute atomic E-state index is 0.694. The predicted octanol–water partition coefficient (Wildman–Crippen LogP) is 3.73. The van der Waals surface area contributed by atoms with Gasteiger partial charge in [-0.05, 0) is 77.6 Å². The Morgan fingerprint density at radius 2 is 1.93 bits per heavy atom. The predicted molar refractivity (Wildman–Crippen MR) is 116 cm³/mol. The molecule has 1 saturated heterocycles. The highest BCUT2D eigenvalue weighted by atomic mass is 79.9. The quantitative estimate of drug-likeness (QED) is 0.612. The van der Waals surface area contributed by atoms with Gasteiger partial charge in [0.15, 0.2) is 0 Å². The van der Waals surface area contributed by atoms with Crippen LogP contribution in [0.1, 0.15) is 30.0 Å². The Balaban J connectivity index is 1.44. The molecule has 1 N–H and O–H groups in total. The molecule has 5 rings (SSSR count). The first-order valence-electron chi connectivity index (χ1n) is 9.97. The van der Waals surface area contributed by atoms with Crippen LogP contribution in [0.5, 0.6) is 0 Å². The molecular formula is C21H25BrN6. The number of nitrogens with one attached hydrogen (secondary N) is 1. The van der Waals surface area contributed by atoms with Crippen molar-refractivity contribution in [3.05, 3.63) is 52.4 Å². The van der Waals surface area contributed by atoms with Crippen molar-refractivity contribution in [3.8, 4) is 0 Å². The Kier molecular flexibility index (Phi) is 4.72. The number of halogens is 1. The lowest BCUT2D eigenvalue weighted by molar-refractivity contribution is 0.311. The summed E-state index contributed by atoms with van der Waals surface area (Å²) in [5, 5.41) is 8.39. The van der Waals surface area contributed by atoms with E-state index in [1.54, 1.807) is 6.20 Å². The second-order valence-electron chi connectivity index (χ2n) is 7.90. The minimum atomic E-state index is 0.694. The molecule has 3 aromatic rings. The van der Waals surface area contributed by atoms with Gasteiger partial charge in [0.1, 0.15) is 10.4 Å². The molecule has 0 bridgehead atoms. The number of piperazine rings is 1. The van der Waals surface area contributed by atoms with Gasteiger partial charge in [0, 0.05) is 38.1 Å². The van der Waals surface area contributed by atoms with Crippen LogP contribution < -0.4 is 10.2 Å². The van der Waals surface area contributed by atoms with Gasteiger partial charge in [0.25, 0.3) is 0 Å². The van der Waals surface area contributed by atoms with E-state index in [1.165, 1.54) is 29.7 Å². The average molecular weight is 441 g/mol. The lowest BCUT2D eigenvalue weighted by Crippen LogP contribution is -2.45. The van der Waals surface area contributed by atoms with E-state index >= 15 is 0 Å². The Hall–Kier alpha value is -2.12. The van der Waals surface area contributed by atoms with Gasteiger partial charge in [-0.3, -0.25) is 0 Å². The van der Waals surface area contributed by atoms with Crippen molar-refractivity contribution in [2.75, 3.05) is 43.4 Å². The molecule has 0 atom stereocenters. The van der Waals surface area contributed by atoms with E-state index in [1.807, 2.05) is 12.1 Å². The zero-order chi connectivity index (χ0) is 19.1. The summed E-state index contributed by atoms with van der Waals surface area (Å²) in [6, 6.07) is 10.9. The molecule has 0 radical (unpaired) electrons. The van der Waals surface area contributed by atoms with Gasteiger partial charge in [-0.2, -0.15) is 5.10 Å². The molecule has 0 unspecified atom stereocenters. The lowest BCUT2D eigenvalue weighted by atomic mass is 10.1. The van der Waals surface area contributed by atoms with E-state index < -0.39 is 0 Å². The van der Waals surface area contributed by atoms with Gasteiger partial charge >= 0.3 is 0 Å². The van der Waals surface area contributed by atoms with Crippen LogP contribution in [-0.4, -0.2) is 52.7 Å². The van der Waals surface area contributed by atoms with Crippen LogP contribution in [0.2, 0.25) is 0 Å². The maximum absolute atomic E-state index is 4.94. The average Bonchev–Trinajstić information content (AvgIpc) is 3.46. The number of rotatable bonds is 5. The van der Waals surface area contributed by atoms with Crippen LogP contribution in [0, 0.1) is 0 Å². The van der Waals surface area contributed by atoms with Crippen molar-refractivity contribution in [3.63, 3.8) is 0 Å². The van der Waals surface area contributed by atoms with Gasteiger partial charge in [-0.25, -0.2) is 9.50 Å². The number of pyridine rings is 2. The van der Waals surface area contributed by atoms with Crippen LogP contribution in [0.3, 0.4) is 0 Å². The third-order valence-corrected chi connectivity index (χ3v) is 6.12. The molecule has 4 heterocycles. The van der Waals surface area contributed by atoms with Crippen molar-refractivity contribution < 1.29 is 0 Å². The first-order valence-corrected chi connectivity index (χ1v) is 10.8. The van der Waals surface area contributed by atoms with Crippen molar-refractivity contribution in [2.45, 2.75) is 25.3 Å². The molecule has 7 heteroatoms. The second-order valence-corrected chi connectivity index (χ2v) is 8.72. The van der Waals surface area contributed by atoms with Crippen molar-refractivity contribution >= 4 is 33.0 Å². The molecule has 146 valence electrons. The SMILES string of the molecule is CN1CCN(c2cc(C3CC3)cc3cc(CNc4ccnc(Br)c4)nn23)CC1. The molecule has 3 aromatic heterocycles.